The fourth-order valence-corrected chi connectivity index (χ4v) is 4.45. The van der Waals surface area contributed by atoms with E-state index in [1.165, 1.54) is 12.1 Å². The Morgan fingerprint density at radius 1 is 1.13 bits per heavy atom. The fourth-order valence-electron chi connectivity index (χ4n) is 2.99. The zero-order valence-corrected chi connectivity index (χ0v) is 17.2. The first kappa shape index (κ1) is 21.3. The van der Waals surface area contributed by atoms with Crippen LogP contribution in [0.25, 0.3) is 11.0 Å². The molecule has 11 heteroatoms. The Hall–Kier alpha value is -2.95. The smallest absolute Gasteiger partial charge is 0.429 e. The average Bonchev–Trinajstić information content (AvgIpc) is 3.49. The van der Waals surface area contributed by atoms with Crippen LogP contribution in [0, 0.1) is 12.8 Å². The van der Waals surface area contributed by atoms with Crippen molar-refractivity contribution >= 4 is 26.9 Å². The van der Waals surface area contributed by atoms with Crippen molar-refractivity contribution in [1.29, 1.82) is 0 Å². The van der Waals surface area contributed by atoms with Crippen LogP contribution in [0.5, 0.6) is 5.88 Å². The van der Waals surface area contributed by atoms with Crippen molar-refractivity contribution in [3.8, 4) is 5.88 Å². The van der Waals surface area contributed by atoms with E-state index in [1.807, 2.05) is 0 Å². The Bertz CT molecular complexity index is 1200. The molecule has 2 aromatic heterocycles. The van der Waals surface area contributed by atoms with E-state index in [4.69, 9.17) is 4.74 Å². The highest BCUT2D eigenvalue weighted by Gasteiger charge is 2.44. The van der Waals surface area contributed by atoms with Crippen LogP contribution in [0.3, 0.4) is 0 Å². The fraction of sp³-hybridized carbons (Fsp3) is 0.350. The zero-order valence-electron chi connectivity index (χ0n) is 16.4. The summed E-state index contributed by atoms with van der Waals surface area (Å²) in [6, 6.07) is 9.12. The third kappa shape index (κ3) is 5.22. The van der Waals surface area contributed by atoms with E-state index in [-0.39, 0.29) is 28.6 Å². The van der Waals surface area contributed by atoms with Crippen molar-refractivity contribution < 1.29 is 26.3 Å². The molecule has 7 nitrogen and oxygen atoms in total. The second-order valence-corrected chi connectivity index (χ2v) is 9.23. The first-order valence-corrected chi connectivity index (χ1v) is 11.2. The van der Waals surface area contributed by atoms with Gasteiger partial charge >= 0.3 is 6.18 Å². The number of halogens is 3. The molecule has 1 aromatic carbocycles. The SMILES string of the molecule is Cc1ccc(C(Oc2nc3ccccc3nc2NS(=O)(=O)CC2CC2)C(F)(F)F)cn1. The monoisotopic (exact) mass is 452 g/mol. The molecule has 4 rings (SSSR count). The highest BCUT2D eigenvalue weighted by atomic mass is 32.2. The van der Waals surface area contributed by atoms with Gasteiger partial charge in [-0.2, -0.15) is 13.2 Å². The maximum absolute atomic E-state index is 13.8. The molecule has 1 aliphatic rings. The second kappa shape index (κ2) is 7.95. The molecule has 1 aliphatic carbocycles. The molecule has 1 unspecified atom stereocenters. The minimum Gasteiger partial charge on any atom is -0.457 e. The molecule has 1 saturated carbocycles. The molecular formula is C20H19F3N4O3S. The molecule has 31 heavy (non-hydrogen) atoms. The van der Waals surface area contributed by atoms with Gasteiger partial charge in [0.25, 0.3) is 5.88 Å². The van der Waals surface area contributed by atoms with Crippen LogP contribution in [0.1, 0.15) is 30.2 Å². The van der Waals surface area contributed by atoms with E-state index in [0.717, 1.165) is 19.0 Å². The predicted molar refractivity (Wildman–Crippen MR) is 108 cm³/mol. The summed E-state index contributed by atoms with van der Waals surface area (Å²) in [4.78, 5) is 12.2. The number of rotatable bonds is 7. The number of nitrogens with one attached hydrogen (secondary N) is 1. The first-order valence-electron chi connectivity index (χ1n) is 9.54. The Morgan fingerprint density at radius 3 is 2.39 bits per heavy atom. The molecule has 0 amide bonds. The van der Waals surface area contributed by atoms with Gasteiger partial charge in [-0.15, -0.1) is 0 Å². The van der Waals surface area contributed by atoms with Gasteiger partial charge in [0.1, 0.15) is 0 Å². The summed E-state index contributed by atoms with van der Waals surface area (Å²) in [6.45, 7) is 1.65. The molecule has 1 atom stereocenters. The number of sulfonamides is 1. The molecule has 164 valence electrons. The van der Waals surface area contributed by atoms with Crippen LogP contribution in [-0.2, 0) is 10.0 Å². The van der Waals surface area contributed by atoms with Gasteiger partial charge in [-0.1, -0.05) is 18.2 Å². The van der Waals surface area contributed by atoms with Gasteiger partial charge in [0.2, 0.25) is 21.9 Å². The molecule has 2 heterocycles. The topological polar surface area (TPSA) is 94.1 Å². The normalized spacial score (nSPS) is 15.6. The number of hydrogen-bond acceptors (Lipinski definition) is 6. The quantitative estimate of drug-likeness (QED) is 0.578. The molecule has 1 fully saturated rings. The average molecular weight is 452 g/mol. The van der Waals surface area contributed by atoms with Crippen molar-refractivity contribution in [3.05, 3.63) is 53.9 Å². The Kier molecular flexibility index (Phi) is 5.46. The van der Waals surface area contributed by atoms with Crippen LogP contribution >= 0.6 is 0 Å². The van der Waals surface area contributed by atoms with Crippen LogP contribution in [-0.4, -0.2) is 35.3 Å². The first-order chi connectivity index (χ1) is 14.6. The number of fused-ring (bicyclic) bond motifs is 1. The predicted octanol–water partition coefficient (Wildman–Crippen LogP) is 4.17. The number of hydrogen-bond donors (Lipinski definition) is 1. The summed E-state index contributed by atoms with van der Waals surface area (Å²) in [7, 11) is -3.83. The zero-order chi connectivity index (χ0) is 22.2. The molecule has 3 aromatic rings. The van der Waals surface area contributed by atoms with Crippen LogP contribution in [0.4, 0.5) is 19.0 Å². The number of benzene rings is 1. The van der Waals surface area contributed by atoms with E-state index in [1.54, 1.807) is 31.2 Å². The third-order valence-corrected chi connectivity index (χ3v) is 6.12. The molecular weight excluding hydrogens is 433 g/mol. The summed E-state index contributed by atoms with van der Waals surface area (Å²) < 4.78 is 73.9. The highest BCUT2D eigenvalue weighted by molar-refractivity contribution is 7.92. The Balaban J connectivity index is 1.75. The molecule has 0 saturated heterocycles. The van der Waals surface area contributed by atoms with Crippen molar-refractivity contribution in [2.75, 3.05) is 10.5 Å². The Morgan fingerprint density at radius 2 is 1.81 bits per heavy atom. The van der Waals surface area contributed by atoms with Crippen molar-refractivity contribution in [1.82, 2.24) is 15.0 Å². The minimum atomic E-state index is -4.80. The van der Waals surface area contributed by atoms with E-state index in [9.17, 15) is 21.6 Å². The summed E-state index contributed by atoms with van der Waals surface area (Å²) in [5, 5.41) is 0. The lowest BCUT2D eigenvalue weighted by Gasteiger charge is -2.22. The summed E-state index contributed by atoms with van der Waals surface area (Å²) in [6.07, 6.45) is -4.54. The van der Waals surface area contributed by atoms with Gasteiger partial charge in [-0.05, 0) is 43.9 Å². The van der Waals surface area contributed by atoms with Gasteiger partial charge < -0.3 is 4.74 Å². The molecule has 0 radical (unpaired) electrons. The third-order valence-electron chi connectivity index (χ3n) is 4.71. The van der Waals surface area contributed by atoms with Gasteiger partial charge in [0.15, 0.2) is 0 Å². The Labute approximate surface area is 176 Å². The van der Waals surface area contributed by atoms with Crippen LogP contribution < -0.4 is 9.46 Å². The number of para-hydroxylation sites is 2. The van der Waals surface area contributed by atoms with Crippen LogP contribution in [0.2, 0.25) is 0 Å². The second-order valence-electron chi connectivity index (χ2n) is 7.47. The van der Waals surface area contributed by atoms with Gasteiger partial charge in [0.05, 0.1) is 16.8 Å². The lowest BCUT2D eigenvalue weighted by atomic mass is 10.1. The minimum absolute atomic E-state index is 0.0387. The standard InChI is InChI=1S/C20H19F3N4O3S/c1-12-6-9-14(10-24-12)17(20(21,22)23)30-19-18(27-31(28,29)11-13-7-8-13)25-15-4-2-3-5-16(15)26-19/h2-6,9-10,13,17H,7-8,11H2,1H3,(H,25,27). The molecule has 0 aliphatic heterocycles. The highest BCUT2D eigenvalue weighted by Crippen LogP contribution is 2.39. The van der Waals surface area contributed by atoms with E-state index in [0.29, 0.717) is 11.2 Å². The van der Waals surface area contributed by atoms with Crippen LogP contribution in [0.15, 0.2) is 42.6 Å². The van der Waals surface area contributed by atoms with E-state index in [2.05, 4.69) is 19.7 Å². The summed E-state index contributed by atoms with van der Waals surface area (Å²) in [5.74, 6) is -1.03. The van der Waals surface area contributed by atoms with Gasteiger partial charge in [0, 0.05) is 17.5 Å². The lowest BCUT2D eigenvalue weighted by Crippen LogP contribution is -2.27. The molecule has 1 N–H and O–H groups in total. The number of alkyl halides is 3. The number of anilines is 1. The number of aryl methyl sites for hydroxylation is 1. The molecule has 0 spiro atoms. The maximum atomic E-state index is 13.8. The van der Waals surface area contributed by atoms with Crippen molar-refractivity contribution in [2.24, 2.45) is 5.92 Å². The van der Waals surface area contributed by atoms with Crippen molar-refractivity contribution in [2.45, 2.75) is 32.0 Å². The van der Waals surface area contributed by atoms with Gasteiger partial charge in [-0.3, -0.25) is 9.71 Å². The van der Waals surface area contributed by atoms with E-state index >= 15 is 0 Å². The summed E-state index contributed by atoms with van der Waals surface area (Å²) in [5.41, 5.74) is 0.897. The molecule has 0 bridgehead atoms. The number of pyridine rings is 1. The summed E-state index contributed by atoms with van der Waals surface area (Å²) >= 11 is 0. The van der Waals surface area contributed by atoms with Gasteiger partial charge in [-0.25, -0.2) is 18.4 Å². The van der Waals surface area contributed by atoms with E-state index < -0.39 is 28.2 Å². The maximum Gasteiger partial charge on any atom is 0.429 e. The number of aromatic nitrogens is 3. The number of nitrogens with zero attached hydrogens (tertiary/aromatic N) is 3. The lowest BCUT2D eigenvalue weighted by molar-refractivity contribution is -0.198. The largest absolute Gasteiger partial charge is 0.457 e. The number of ether oxygens (including phenoxy) is 1. The van der Waals surface area contributed by atoms with Crippen molar-refractivity contribution in [3.63, 3.8) is 0 Å².